The maximum absolute atomic E-state index is 12.8. The highest BCUT2D eigenvalue weighted by molar-refractivity contribution is 7.89. The molecule has 3 aromatic carbocycles. The molecular weight excluding hydrogens is 426 g/mol. The van der Waals surface area contributed by atoms with Crippen LogP contribution in [0, 0.1) is 13.8 Å². The number of nitrogens with two attached hydrogens (primary N) is 1. The third-order valence-corrected chi connectivity index (χ3v) is 6.04. The van der Waals surface area contributed by atoms with E-state index in [9.17, 15) is 13.2 Å². The fourth-order valence-corrected chi connectivity index (χ4v) is 3.87. The van der Waals surface area contributed by atoms with E-state index in [4.69, 9.17) is 5.14 Å². The molecule has 0 aliphatic heterocycles. The maximum atomic E-state index is 12.8. The maximum Gasteiger partial charge on any atom is 0.255 e. The third kappa shape index (κ3) is 4.43. The number of anilines is 1. The number of primary sulfonamides is 1. The van der Waals surface area contributed by atoms with Crippen LogP contribution in [0.25, 0.3) is 22.8 Å². The Morgan fingerprint density at radius 3 is 2.31 bits per heavy atom. The number of nitrogens with zero attached hydrogens (tertiary/aromatic N) is 2. The molecule has 0 bridgehead atoms. The molecule has 0 aliphatic carbocycles. The van der Waals surface area contributed by atoms with Crippen LogP contribution in [0.3, 0.4) is 0 Å². The summed E-state index contributed by atoms with van der Waals surface area (Å²) in [4.78, 5) is 17.2. The SMILES string of the molecule is Cc1cc(S(N)(=O)=O)cc(C(=O)Nc2ccc(-c3nc(-c4ccccc4)n[nH]3)cc2)c1C. The van der Waals surface area contributed by atoms with Crippen LogP contribution < -0.4 is 10.5 Å². The van der Waals surface area contributed by atoms with Gasteiger partial charge >= 0.3 is 0 Å². The van der Waals surface area contributed by atoms with E-state index >= 15 is 0 Å². The van der Waals surface area contributed by atoms with Gasteiger partial charge in [0, 0.05) is 22.4 Å². The Morgan fingerprint density at radius 1 is 0.969 bits per heavy atom. The lowest BCUT2D eigenvalue weighted by Gasteiger charge is -2.12. The Labute approximate surface area is 185 Å². The summed E-state index contributed by atoms with van der Waals surface area (Å²) in [7, 11) is -3.92. The summed E-state index contributed by atoms with van der Waals surface area (Å²) in [6.45, 7) is 3.49. The highest BCUT2D eigenvalue weighted by Gasteiger charge is 2.17. The van der Waals surface area contributed by atoms with Gasteiger partial charge in [-0.1, -0.05) is 30.3 Å². The molecular formula is C23H21N5O3S. The Morgan fingerprint density at radius 2 is 1.66 bits per heavy atom. The molecule has 0 spiro atoms. The molecule has 162 valence electrons. The van der Waals surface area contributed by atoms with Gasteiger partial charge in [-0.05, 0) is 61.4 Å². The van der Waals surface area contributed by atoms with Crippen molar-refractivity contribution < 1.29 is 13.2 Å². The van der Waals surface area contributed by atoms with E-state index in [0.29, 0.717) is 28.5 Å². The largest absolute Gasteiger partial charge is 0.322 e. The van der Waals surface area contributed by atoms with Gasteiger partial charge in [0.15, 0.2) is 11.6 Å². The van der Waals surface area contributed by atoms with Crippen LogP contribution in [0.5, 0.6) is 0 Å². The lowest BCUT2D eigenvalue weighted by Crippen LogP contribution is -2.17. The first-order valence-corrected chi connectivity index (χ1v) is 11.3. The predicted molar refractivity (Wildman–Crippen MR) is 122 cm³/mol. The summed E-state index contributed by atoms with van der Waals surface area (Å²) in [6.07, 6.45) is 0. The lowest BCUT2D eigenvalue weighted by molar-refractivity contribution is 0.102. The highest BCUT2D eigenvalue weighted by Crippen LogP contribution is 2.23. The number of aromatic amines is 1. The number of aromatic nitrogens is 3. The zero-order valence-corrected chi connectivity index (χ0v) is 18.3. The van der Waals surface area contributed by atoms with Gasteiger partial charge in [0.2, 0.25) is 10.0 Å². The fraction of sp³-hybridized carbons (Fsp3) is 0.0870. The molecule has 1 amide bonds. The highest BCUT2D eigenvalue weighted by atomic mass is 32.2. The number of carbonyl (C=O) groups is 1. The second kappa shape index (κ2) is 8.37. The van der Waals surface area contributed by atoms with Crippen LogP contribution >= 0.6 is 0 Å². The normalized spacial score (nSPS) is 11.3. The summed E-state index contributed by atoms with van der Waals surface area (Å²) in [5, 5.41) is 15.2. The smallest absolute Gasteiger partial charge is 0.255 e. The number of benzene rings is 3. The summed E-state index contributed by atoms with van der Waals surface area (Å²) in [5.41, 5.74) is 3.87. The minimum atomic E-state index is -3.92. The predicted octanol–water partition coefficient (Wildman–Crippen LogP) is 3.66. The summed E-state index contributed by atoms with van der Waals surface area (Å²) >= 11 is 0. The van der Waals surface area contributed by atoms with E-state index in [1.165, 1.54) is 12.1 Å². The molecule has 8 nitrogen and oxygen atoms in total. The number of hydrogen-bond donors (Lipinski definition) is 3. The number of nitrogens with one attached hydrogen (secondary N) is 2. The van der Waals surface area contributed by atoms with Gasteiger partial charge in [-0.3, -0.25) is 9.89 Å². The van der Waals surface area contributed by atoms with Gasteiger partial charge in [-0.15, -0.1) is 0 Å². The minimum absolute atomic E-state index is 0.0966. The first-order valence-electron chi connectivity index (χ1n) is 9.76. The standard InChI is InChI=1S/C23H21N5O3S/c1-14-12-19(32(24,30)31)13-20(15(14)2)23(29)25-18-10-8-17(9-11-18)22-26-21(27-28-22)16-6-4-3-5-7-16/h3-13H,1-2H3,(H,25,29)(H2,24,30,31)(H,26,27,28). The molecule has 0 unspecified atom stereocenters. The van der Waals surface area contributed by atoms with Gasteiger partial charge in [-0.2, -0.15) is 5.10 Å². The Balaban J connectivity index is 1.54. The molecule has 0 atom stereocenters. The number of H-pyrrole nitrogens is 1. The van der Waals surface area contributed by atoms with Crippen molar-refractivity contribution in [1.82, 2.24) is 15.2 Å². The van der Waals surface area contributed by atoms with E-state index in [1.807, 2.05) is 42.5 Å². The van der Waals surface area contributed by atoms with E-state index in [2.05, 4.69) is 20.5 Å². The fourth-order valence-electron chi connectivity index (χ4n) is 3.24. The van der Waals surface area contributed by atoms with Crippen molar-refractivity contribution >= 4 is 21.6 Å². The van der Waals surface area contributed by atoms with E-state index in [1.54, 1.807) is 26.0 Å². The van der Waals surface area contributed by atoms with Crippen LogP contribution in [0.15, 0.2) is 71.6 Å². The van der Waals surface area contributed by atoms with Crippen molar-refractivity contribution in [2.75, 3.05) is 5.32 Å². The molecule has 4 rings (SSSR count). The zero-order valence-electron chi connectivity index (χ0n) is 17.5. The monoisotopic (exact) mass is 447 g/mol. The van der Waals surface area contributed by atoms with Gasteiger partial charge < -0.3 is 5.32 Å². The molecule has 32 heavy (non-hydrogen) atoms. The van der Waals surface area contributed by atoms with Crippen LogP contribution in [-0.2, 0) is 10.0 Å². The Kier molecular flexibility index (Phi) is 5.60. The molecule has 0 fully saturated rings. The van der Waals surface area contributed by atoms with Crippen molar-refractivity contribution in [2.45, 2.75) is 18.7 Å². The van der Waals surface area contributed by atoms with Crippen LogP contribution in [0.2, 0.25) is 0 Å². The molecule has 4 N–H and O–H groups in total. The molecule has 0 radical (unpaired) electrons. The van der Waals surface area contributed by atoms with Crippen molar-refractivity contribution in [3.8, 4) is 22.8 Å². The summed E-state index contributed by atoms with van der Waals surface area (Å²) < 4.78 is 23.5. The topological polar surface area (TPSA) is 131 Å². The van der Waals surface area contributed by atoms with Crippen LogP contribution in [0.1, 0.15) is 21.5 Å². The van der Waals surface area contributed by atoms with Crippen molar-refractivity contribution in [3.05, 3.63) is 83.4 Å². The number of rotatable bonds is 5. The molecule has 1 aromatic heterocycles. The summed E-state index contributed by atoms with van der Waals surface area (Å²) in [6, 6.07) is 19.5. The second-order valence-electron chi connectivity index (χ2n) is 7.36. The number of amides is 1. The average molecular weight is 448 g/mol. The van der Waals surface area contributed by atoms with Crippen LogP contribution in [0.4, 0.5) is 5.69 Å². The van der Waals surface area contributed by atoms with E-state index in [0.717, 1.165) is 11.1 Å². The lowest BCUT2D eigenvalue weighted by atomic mass is 10.0. The Bertz CT molecular complexity index is 1400. The molecule has 9 heteroatoms. The first kappa shape index (κ1) is 21.4. The summed E-state index contributed by atoms with van der Waals surface area (Å²) in [5.74, 6) is 0.780. The molecule has 1 heterocycles. The number of carbonyl (C=O) groups excluding carboxylic acids is 1. The third-order valence-electron chi connectivity index (χ3n) is 5.15. The van der Waals surface area contributed by atoms with Crippen molar-refractivity contribution in [1.29, 1.82) is 0 Å². The molecule has 0 saturated carbocycles. The van der Waals surface area contributed by atoms with Gasteiger partial charge in [-0.25, -0.2) is 18.5 Å². The van der Waals surface area contributed by atoms with Gasteiger partial charge in [0.05, 0.1) is 4.90 Å². The van der Waals surface area contributed by atoms with Crippen molar-refractivity contribution in [2.24, 2.45) is 5.14 Å². The van der Waals surface area contributed by atoms with Gasteiger partial charge in [0.25, 0.3) is 5.91 Å². The first-order chi connectivity index (χ1) is 15.2. The molecule has 0 aliphatic rings. The number of aryl methyl sites for hydroxylation is 1. The van der Waals surface area contributed by atoms with Crippen molar-refractivity contribution in [3.63, 3.8) is 0 Å². The minimum Gasteiger partial charge on any atom is -0.322 e. The van der Waals surface area contributed by atoms with E-state index in [-0.39, 0.29) is 10.5 Å². The molecule has 0 saturated heterocycles. The molecule has 4 aromatic rings. The zero-order chi connectivity index (χ0) is 22.9. The number of sulfonamides is 1. The van der Waals surface area contributed by atoms with Crippen LogP contribution in [-0.4, -0.2) is 29.5 Å². The Hall–Kier alpha value is -3.82. The number of hydrogen-bond acceptors (Lipinski definition) is 5. The van der Waals surface area contributed by atoms with Gasteiger partial charge in [0.1, 0.15) is 0 Å². The average Bonchev–Trinajstić information content (AvgIpc) is 3.26. The van der Waals surface area contributed by atoms with E-state index < -0.39 is 15.9 Å². The quantitative estimate of drug-likeness (QED) is 0.430. The second-order valence-corrected chi connectivity index (χ2v) is 8.92.